The Morgan fingerprint density at radius 3 is 2.63 bits per heavy atom. The van der Waals surface area contributed by atoms with Gasteiger partial charge < -0.3 is 17.2 Å². The number of nitrogens with zero attached hydrogens (tertiary/aromatic N) is 3. The van der Waals surface area contributed by atoms with E-state index in [2.05, 4.69) is 39.2 Å². The molecule has 5 heteroatoms. The first-order chi connectivity index (χ1) is 9.33. The molecule has 1 aromatic carbocycles. The van der Waals surface area contributed by atoms with Gasteiger partial charge in [-0.05, 0) is 28.0 Å². The second-order valence-electron chi connectivity index (χ2n) is 4.28. The molecular weight excluding hydrogens is 274 g/mol. The van der Waals surface area contributed by atoms with Gasteiger partial charge >= 0.3 is 0 Å². The molecule has 3 nitrogen and oxygen atoms in total. The van der Waals surface area contributed by atoms with Crippen molar-refractivity contribution in [2.45, 2.75) is 18.1 Å². The van der Waals surface area contributed by atoms with Crippen LogP contribution in [0.1, 0.15) is 17.0 Å². The molecule has 0 N–H and O–H groups in total. The molecule has 19 heavy (non-hydrogen) atoms. The summed E-state index contributed by atoms with van der Waals surface area (Å²) in [4.78, 5) is 0. The third-order valence-electron chi connectivity index (χ3n) is 2.92. The van der Waals surface area contributed by atoms with Gasteiger partial charge in [0.15, 0.2) is 0 Å². The molecule has 0 bridgehead atoms. The number of benzene rings is 1. The fourth-order valence-corrected chi connectivity index (χ4v) is 2.83. The summed E-state index contributed by atoms with van der Waals surface area (Å²) >= 11 is 6.95. The molecule has 0 aliphatic heterocycles. The van der Waals surface area contributed by atoms with Crippen molar-refractivity contribution in [3.8, 4) is 0 Å². The highest BCUT2D eigenvalue weighted by molar-refractivity contribution is 7.58. The second-order valence-corrected chi connectivity index (χ2v) is 5.42. The number of thiophene rings is 1. The van der Waals surface area contributed by atoms with Gasteiger partial charge in [0.25, 0.3) is 0 Å². The van der Waals surface area contributed by atoms with E-state index in [0.717, 1.165) is 18.8 Å². The summed E-state index contributed by atoms with van der Waals surface area (Å²) in [6.07, 6.45) is 0.778. The number of hydrogen-bond donors (Lipinski definition) is 0. The molecular formula is C14H12N3S2-. The second kappa shape index (κ2) is 5.50. The average molecular weight is 286 g/mol. The molecule has 0 saturated carbocycles. The Hall–Kier alpha value is -1.72. The van der Waals surface area contributed by atoms with E-state index in [-0.39, 0.29) is 0 Å². The van der Waals surface area contributed by atoms with Gasteiger partial charge in [-0.3, -0.25) is 0 Å². The van der Waals surface area contributed by atoms with Crippen LogP contribution in [0.2, 0.25) is 0 Å². The van der Waals surface area contributed by atoms with Crippen LogP contribution in [0.15, 0.2) is 52.3 Å². The lowest BCUT2D eigenvalue weighted by molar-refractivity contribution is 0.678. The maximum Gasteiger partial charge on any atom is 0.136 e. The van der Waals surface area contributed by atoms with Crippen molar-refractivity contribution in [2.75, 3.05) is 0 Å². The lowest BCUT2D eigenvalue weighted by Gasteiger charge is -2.12. The quantitative estimate of drug-likeness (QED) is 0.691. The van der Waals surface area contributed by atoms with Crippen LogP contribution in [0.5, 0.6) is 0 Å². The van der Waals surface area contributed by atoms with Crippen molar-refractivity contribution < 1.29 is 0 Å². The molecule has 96 valence electrons. The van der Waals surface area contributed by atoms with E-state index in [1.165, 1.54) is 11.1 Å². The highest BCUT2D eigenvalue weighted by Crippen LogP contribution is 2.14. The van der Waals surface area contributed by atoms with Crippen molar-refractivity contribution in [1.82, 2.24) is 14.8 Å². The molecule has 0 aliphatic rings. The lowest BCUT2D eigenvalue weighted by Crippen LogP contribution is -2.07. The first-order valence-corrected chi connectivity index (χ1v) is 7.32. The molecule has 0 fully saturated rings. The van der Waals surface area contributed by atoms with E-state index in [0.29, 0.717) is 5.16 Å². The van der Waals surface area contributed by atoms with Crippen LogP contribution in [0.3, 0.4) is 0 Å². The molecule has 3 rings (SSSR count). The first kappa shape index (κ1) is 12.3. The van der Waals surface area contributed by atoms with E-state index in [1.54, 1.807) is 11.3 Å². The maximum absolute atomic E-state index is 5.26. The summed E-state index contributed by atoms with van der Waals surface area (Å²) in [5, 5.41) is 13.0. The third kappa shape index (κ3) is 2.83. The van der Waals surface area contributed by atoms with E-state index in [9.17, 15) is 0 Å². The van der Waals surface area contributed by atoms with Gasteiger partial charge in [0.05, 0.1) is 0 Å². The molecule has 2 aromatic heterocycles. The molecule has 0 radical (unpaired) electrons. The van der Waals surface area contributed by atoms with Gasteiger partial charge in [-0.2, -0.15) is 16.4 Å². The summed E-state index contributed by atoms with van der Waals surface area (Å²) < 4.78 is 2.00. The number of hydrogen-bond acceptors (Lipinski definition) is 4. The highest BCUT2D eigenvalue weighted by atomic mass is 32.1. The minimum atomic E-state index is 0.550. The van der Waals surface area contributed by atoms with Crippen LogP contribution in [-0.4, -0.2) is 14.8 Å². The largest absolute Gasteiger partial charge is 0.740 e. The first-order valence-electron chi connectivity index (χ1n) is 5.97. The minimum Gasteiger partial charge on any atom is -0.740 e. The Morgan fingerprint density at radius 2 is 1.89 bits per heavy atom. The van der Waals surface area contributed by atoms with Gasteiger partial charge in [-0.15, -0.1) is 5.10 Å². The van der Waals surface area contributed by atoms with Crippen LogP contribution >= 0.6 is 11.3 Å². The molecule has 0 aliphatic carbocycles. The number of rotatable bonds is 4. The van der Waals surface area contributed by atoms with Crippen molar-refractivity contribution in [3.63, 3.8) is 0 Å². The smallest absolute Gasteiger partial charge is 0.136 e. The Labute approximate surface area is 121 Å². The molecule has 0 atom stereocenters. The zero-order chi connectivity index (χ0) is 13.1. The summed E-state index contributed by atoms with van der Waals surface area (Å²) in [5.41, 5.74) is 2.46. The van der Waals surface area contributed by atoms with Crippen LogP contribution < -0.4 is 0 Å². The number of aromatic nitrogens is 3. The lowest BCUT2D eigenvalue weighted by atomic mass is 10.2. The Morgan fingerprint density at radius 1 is 1.05 bits per heavy atom. The monoisotopic (exact) mass is 286 g/mol. The molecule has 0 amide bonds. The molecule has 0 spiro atoms. The summed E-state index contributed by atoms with van der Waals surface area (Å²) in [7, 11) is 0. The molecule has 0 unspecified atom stereocenters. The zero-order valence-electron chi connectivity index (χ0n) is 10.2. The van der Waals surface area contributed by atoms with Gasteiger partial charge in [0, 0.05) is 18.1 Å². The van der Waals surface area contributed by atoms with Gasteiger partial charge in [-0.25, -0.2) is 0 Å². The summed E-state index contributed by atoms with van der Waals surface area (Å²) in [6, 6.07) is 12.3. The summed E-state index contributed by atoms with van der Waals surface area (Å²) in [6.45, 7) is 0.728. The predicted octanol–water partition coefficient (Wildman–Crippen LogP) is 2.88. The zero-order valence-corrected chi connectivity index (χ0v) is 11.8. The fraction of sp³-hybridized carbons (Fsp3) is 0.143. The molecule has 2 heterocycles. The fourth-order valence-electron chi connectivity index (χ4n) is 1.95. The van der Waals surface area contributed by atoms with Crippen LogP contribution in [0.4, 0.5) is 0 Å². The average Bonchev–Trinajstić information content (AvgIpc) is 3.05. The topological polar surface area (TPSA) is 30.7 Å². The highest BCUT2D eigenvalue weighted by Gasteiger charge is 2.07. The van der Waals surface area contributed by atoms with E-state index >= 15 is 0 Å². The van der Waals surface area contributed by atoms with Crippen LogP contribution in [0, 0.1) is 0 Å². The van der Waals surface area contributed by atoms with Crippen molar-refractivity contribution in [2.24, 2.45) is 0 Å². The third-order valence-corrected chi connectivity index (χ3v) is 3.95. The standard InChI is InChI=1S/C14H13N3S2/c18-14-16-15-13(8-12-6-7-19-10-12)17(14)9-11-4-2-1-3-5-11/h1-7,10H,8-9H2,(H,16,18)/p-1. The van der Waals surface area contributed by atoms with Crippen LogP contribution in [0.25, 0.3) is 0 Å². The predicted molar refractivity (Wildman–Crippen MR) is 78.3 cm³/mol. The van der Waals surface area contributed by atoms with Gasteiger partial charge in [0.2, 0.25) is 0 Å². The van der Waals surface area contributed by atoms with Crippen LogP contribution in [-0.2, 0) is 25.6 Å². The Bertz CT molecular complexity index is 645. The van der Waals surface area contributed by atoms with E-state index in [4.69, 9.17) is 12.6 Å². The van der Waals surface area contributed by atoms with Gasteiger partial charge in [0.1, 0.15) is 5.82 Å². The van der Waals surface area contributed by atoms with Crippen molar-refractivity contribution in [3.05, 3.63) is 64.1 Å². The van der Waals surface area contributed by atoms with Gasteiger partial charge in [-0.1, -0.05) is 30.3 Å². The Kier molecular flexibility index (Phi) is 3.57. The maximum atomic E-state index is 5.26. The Balaban J connectivity index is 1.86. The minimum absolute atomic E-state index is 0.550. The summed E-state index contributed by atoms with van der Waals surface area (Å²) in [5.74, 6) is 0.923. The normalized spacial score (nSPS) is 10.7. The molecule has 3 aromatic rings. The van der Waals surface area contributed by atoms with Crippen molar-refractivity contribution >= 4 is 24.0 Å². The van der Waals surface area contributed by atoms with E-state index < -0.39 is 0 Å². The SMILES string of the molecule is [S-]c1nnc(Cc2ccsc2)n1Cc1ccccc1. The van der Waals surface area contributed by atoms with E-state index in [1.807, 2.05) is 22.8 Å². The molecule has 0 saturated heterocycles. The van der Waals surface area contributed by atoms with Crippen molar-refractivity contribution in [1.29, 1.82) is 0 Å².